The summed E-state index contributed by atoms with van der Waals surface area (Å²) >= 11 is 0. The number of benzene rings is 2. The molecular weight excluding hydrogens is 330 g/mol. The minimum Gasteiger partial charge on any atom is -0.497 e. The van der Waals surface area contributed by atoms with E-state index < -0.39 is 0 Å². The molecule has 126 valence electrons. The Hall–Kier alpha value is -2.79. The van der Waals surface area contributed by atoms with E-state index in [-0.39, 0.29) is 10.9 Å². The van der Waals surface area contributed by atoms with Gasteiger partial charge in [0, 0.05) is 5.56 Å². The topological polar surface area (TPSA) is 39.9 Å². The van der Waals surface area contributed by atoms with Crippen molar-refractivity contribution in [2.75, 3.05) is 7.11 Å². The first-order chi connectivity index (χ1) is 12.3. The van der Waals surface area contributed by atoms with E-state index in [0.29, 0.717) is 6.54 Å². The van der Waals surface area contributed by atoms with Gasteiger partial charge in [0.25, 0.3) is 0 Å². The van der Waals surface area contributed by atoms with Crippen LogP contribution in [0.5, 0.6) is 5.75 Å². The second-order valence-corrected chi connectivity index (χ2v) is 7.72. The van der Waals surface area contributed by atoms with Gasteiger partial charge in [-0.2, -0.15) is 10.9 Å². The summed E-state index contributed by atoms with van der Waals surface area (Å²) in [7, 11) is 1.38. The first-order valence-electron chi connectivity index (χ1n) is 8.09. The van der Waals surface area contributed by atoms with Gasteiger partial charge in [-0.1, -0.05) is 29.5 Å². The maximum Gasteiger partial charge on any atom is 0.118 e. The van der Waals surface area contributed by atoms with Gasteiger partial charge in [-0.15, -0.1) is 5.10 Å². The lowest BCUT2D eigenvalue weighted by Gasteiger charge is -2.11. The lowest BCUT2D eigenvalue weighted by Crippen LogP contribution is -2.00. The summed E-state index contributed by atoms with van der Waals surface area (Å²) in [5.74, 6) is 0.838. The molecule has 2 heterocycles. The zero-order valence-corrected chi connectivity index (χ0v) is 14.8. The summed E-state index contributed by atoms with van der Waals surface area (Å²) in [5, 5.41) is 13.1. The number of allylic oxidation sites excluding steroid dienone is 2. The van der Waals surface area contributed by atoms with Crippen LogP contribution in [0.1, 0.15) is 5.56 Å². The average Bonchev–Trinajstić information content (AvgIpc) is 3.34. The highest BCUT2D eigenvalue weighted by Crippen LogP contribution is 2.42. The van der Waals surface area contributed by atoms with Crippen LogP contribution in [0, 0.1) is 0 Å². The van der Waals surface area contributed by atoms with Gasteiger partial charge in [0.15, 0.2) is 0 Å². The summed E-state index contributed by atoms with van der Waals surface area (Å²) in [6.45, 7) is 0.716. The van der Waals surface area contributed by atoms with Crippen molar-refractivity contribution >= 4 is 10.9 Å². The van der Waals surface area contributed by atoms with Crippen LogP contribution in [0.15, 0.2) is 82.6 Å². The molecule has 0 spiro atoms. The quantitative estimate of drug-likeness (QED) is 0.694. The summed E-state index contributed by atoms with van der Waals surface area (Å²) in [4.78, 5) is 1.37. The maximum atomic E-state index is 5.19. The molecule has 0 fully saturated rings. The molecule has 4 nitrogen and oxygen atoms in total. The number of nitrogens with zero attached hydrogens (tertiary/aromatic N) is 3. The molecule has 0 unspecified atom stereocenters. The van der Waals surface area contributed by atoms with Gasteiger partial charge in [-0.05, 0) is 57.7 Å². The predicted octanol–water partition coefficient (Wildman–Crippen LogP) is 4.40. The Balaban J connectivity index is 1.52. The largest absolute Gasteiger partial charge is 0.497 e. The maximum absolute atomic E-state index is 5.19. The minimum atomic E-state index is -0.285. The first-order valence-corrected chi connectivity index (χ1v) is 9.57. The molecule has 0 radical (unpaired) electrons. The zero-order chi connectivity index (χ0) is 17.1. The highest BCUT2D eigenvalue weighted by molar-refractivity contribution is 8.22. The minimum absolute atomic E-state index is 0.285. The number of aromatic nitrogens is 3. The van der Waals surface area contributed by atoms with Crippen molar-refractivity contribution in [2.45, 2.75) is 11.4 Å². The highest BCUT2D eigenvalue weighted by Gasteiger charge is 2.07. The number of methoxy groups -OCH3 is 1. The molecule has 5 heteroatoms. The molecule has 2 aromatic carbocycles. The molecule has 4 rings (SSSR count). The van der Waals surface area contributed by atoms with Crippen molar-refractivity contribution < 1.29 is 4.74 Å². The second kappa shape index (κ2) is 6.99. The van der Waals surface area contributed by atoms with Crippen LogP contribution in [-0.4, -0.2) is 22.1 Å². The average molecular weight is 349 g/mol. The Labute approximate surface area is 149 Å². The van der Waals surface area contributed by atoms with Crippen LogP contribution >= 0.6 is 10.9 Å². The summed E-state index contributed by atoms with van der Waals surface area (Å²) < 4.78 is 7.07. The first kappa shape index (κ1) is 15.7. The smallest absolute Gasteiger partial charge is 0.118 e. The molecule has 0 saturated heterocycles. The molecular formula is C20H19N3OS. The van der Waals surface area contributed by atoms with Gasteiger partial charge < -0.3 is 4.74 Å². The van der Waals surface area contributed by atoms with E-state index in [0.717, 1.165) is 17.0 Å². The molecule has 0 bridgehead atoms. The molecule has 0 amide bonds. The van der Waals surface area contributed by atoms with Crippen molar-refractivity contribution in [3.05, 3.63) is 83.3 Å². The molecule has 3 aromatic rings. The van der Waals surface area contributed by atoms with Crippen LogP contribution in [-0.2, 0) is 6.54 Å². The number of hydrogen-bond acceptors (Lipinski definition) is 3. The van der Waals surface area contributed by atoms with E-state index in [2.05, 4.69) is 57.5 Å². The van der Waals surface area contributed by atoms with Crippen molar-refractivity contribution in [2.24, 2.45) is 0 Å². The van der Waals surface area contributed by atoms with Crippen LogP contribution in [0.4, 0.5) is 0 Å². The third kappa shape index (κ3) is 3.51. The Morgan fingerprint density at radius 1 is 1.04 bits per heavy atom. The fraction of sp³-hybridized carbons (Fsp3) is 0.100. The van der Waals surface area contributed by atoms with Gasteiger partial charge in [0.05, 0.1) is 19.9 Å². The fourth-order valence-corrected chi connectivity index (χ4v) is 4.37. The second-order valence-electron chi connectivity index (χ2n) is 5.79. The normalized spacial score (nSPS) is 14.2. The monoisotopic (exact) mass is 349 g/mol. The third-order valence-corrected chi connectivity index (χ3v) is 5.94. The standard InChI is InChI=1S/C20H19N3OS/c1-24-18-9-7-17(8-10-18)20-15-23(22-21-20)14-16-5-4-6-19(13-16)25-11-2-3-12-25/h2-13,15,25H,14H2,1H3. The van der Waals surface area contributed by atoms with E-state index in [1.54, 1.807) is 7.11 Å². The van der Waals surface area contributed by atoms with Crippen molar-refractivity contribution in [3.8, 4) is 17.0 Å². The van der Waals surface area contributed by atoms with Crippen molar-refractivity contribution in [3.63, 3.8) is 0 Å². The van der Waals surface area contributed by atoms with Gasteiger partial charge in [0.1, 0.15) is 11.4 Å². The predicted molar refractivity (Wildman–Crippen MR) is 103 cm³/mol. The Morgan fingerprint density at radius 3 is 2.60 bits per heavy atom. The SMILES string of the molecule is COc1ccc(-c2cn(Cc3cccc([SH]4C=CC=C4)c3)nn2)cc1. The van der Waals surface area contributed by atoms with E-state index in [1.807, 2.05) is 35.1 Å². The van der Waals surface area contributed by atoms with Crippen LogP contribution < -0.4 is 4.74 Å². The van der Waals surface area contributed by atoms with Crippen LogP contribution in [0.25, 0.3) is 11.3 Å². The van der Waals surface area contributed by atoms with Gasteiger partial charge in [-0.3, -0.25) is 0 Å². The van der Waals surface area contributed by atoms with E-state index in [9.17, 15) is 0 Å². The van der Waals surface area contributed by atoms with Gasteiger partial charge in [-0.25, -0.2) is 4.68 Å². The summed E-state index contributed by atoms with van der Waals surface area (Å²) in [6, 6.07) is 16.6. The van der Waals surface area contributed by atoms with Crippen molar-refractivity contribution in [1.82, 2.24) is 15.0 Å². The Bertz CT molecular complexity index is 916. The molecule has 1 aliphatic rings. The molecule has 1 aliphatic heterocycles. The summed E-state index contributed by atoms with van der Waals surface area (Å²) in [5.41, 5.74) is 3.13. The molecule has 25 heavy (non-hydrogen) atoms. The molecule has 0 aliphatic carbocycles. The molecule has 0 N–H and O–H groups in total. The van der Waals surface area contributed by atoms with Gasteiger partial charge in [0.2, 0.25) is 0 Å². The fourth-order valence-electron chi connectivity index (χ4n) is 2.78. The lowest BCUT2D eigenvalue weighted by atomic mass is 10.1. The number of ether oxygens (including phenoxy) is 1. The summed E-state index contributed by atoms with van der Waals surface area (Å²) in [6.07, 6.45) is 6.23. The van der Waals surface area contributed by atoms with Crippen LogP contribution in [0.2, 0.25) is 0 Å². The molecule has 0 saturated carbocycles. The number of hydrogen-bond donors (Lipinski definition) is 1. The van der Waals surface area contributed by atoms with E-state index in [1.165, 1.54) is 10.5 Å². The van der Waals surface area contributed by atoms with Crippen LogP contribution in [0.3, 0.4) is 0 Å². The Morgan fingerprint density at radius 2 is 1.84 bits per heavy atom. The van der Waals surface area contributed by atoms with Gasteiger partial charge >= 0.3 is 0 Å². The highest BCUT2D eigenvalue weighted by atomic mass is 32.2. The third-order valence-electron chi connectivity index (χ3n) is 4.08. The Kier molecular flexibility index (Phi) is 4.39. The molecule has 0 atom stereocenters. The van der Waals surface area contributed by atoms with E-state index in [4.69, 9.17) is 4.74 Å². The number of rotatable bonds is 5. The molecule has 1 aromatic heterocycles. The van der Waals surface area contributed by atoms with E-state index >= 15 is 0 Å². The zero-order valence-electron chi connectivity index (χ0n) is 13.9. The number of thiol groups is 1. The lowest BCUT2D eigenvalue weighted by molar-refractivity contribution is 0.415. The van der Waals surface area contributed by atoms with Crippen molar-refractivity contribution in [1.29, 1.82) is 0 Å².